The van der Waals surface area contributed by atoms with Crippen LogP contribution in [0.25, 0.3) is 0 Å². The Morgan fingerprint density at radius 1 is 1.08 bits per heavy atom. The van der Waals surface area contributed by atoms with Gasteiger partial charge in [0.1, 0.15) is 0 Å². The maximum Gasteiger partial charge on any atom is 0.383 e. The Morgan fingerprint density at radius 2 is 1.62 bits per heavy atom. The van der Waals surface area contributed by atoms with Crippen LogP contribution in [0.2, 0.25) is 0 Å². The lowest BCUT2D eigenvalue weighted by molar-refractivity contribution is 0.0648. The molecule has 1 rings (SSSR count). The van der Waals surface area contributed by atoms with Crippen LogP contribution in [-0.4, -0.2) is 26.4 Å². The van der Waals surface area contributed by atoms with Crippen LogP contribution in [0.5, 0.6) is 17.2 Å². The van der Waals surface area contributed by atoms with Crippen molar-refractivity contribution in [2.45, 2.75) is 0 Å². The first-order chi connectivity index (χ1) is 5.95. The molecule has 1 aromatic heterocycles. The van der Waals surface area contributed by atoms with E-state index < -0.39 is 34.6 Å². The standard InChI is InChI=1S/C6H4O7/c7-1-2(8)4(5(10)11)13-6(12)3(1)9/h7-9H,(H,10,11). The molecule has 1 aromatic rings. The van der Waals surface area contributed by atoms with E-state index >= 15 is 0 Å². The van der Waals surface area contributed by atoms with Gasteiger partial charge in [-0.25, -0.2) is 9.59 Å². The zero-order valence-corrected chi connectivity index (χ0v) is 6.01. The van der Waals surface area contributed by atoms with Gasteiger partial charge in [-0.05, 0) is 0 Å². The number of aromatic hydroxyl groups is 3. The molecule has 0 radical (unpaired) electrons. The van der Waals surface area contributed by atoms with Crippen molar-refractivity contribution >= 4 is 5.97 Å². The normalized spacial score (nSPS) is 9.85. The van der Waals surface area contributed by atoms with Crippen molar-refractivity contribution in [3.05, 3.63) is 16.2 Å². The number of rotatable bonds is 1. The molecule has 0 saturated carbocycles. The van der Waals surface area contributed by atoms with Crippen molar-refractivity contribution in [1.29, 1.82) is 0 Å². The summed E-state index contributed by atoms with van der Waals surface area (Å²) in [6.07, 6.45) is 0. The molecule has 0 saturated heterocycles. The Labute approximate surface area is 70.1 Å². The SMILES string of the molecule is O=C(O)c1oc(=O)c(O)c(O)c1O. The van der Waals surface area contributed by atoms with Crippen LogP contribution >= 0.6 is 0 Å². The van der Waals surface area contributed by atoms with Crippen LogP contribution in [0.4, 0.5) is 0 Å². The van der Waals surface area contributed by atoms with Crippen LogP contribution < -0.4 is 5.63 Å². The minimum absolute atomic E-state index is 1.12. The van der Waals surface area contributed by atoms with Crippen LogP contribution in [0, 0.1) is 0 Å². The van der Waals surface area contributed by atoms with E-state index in [4.69, 9.17) is 20.4 Å². The lowest BCUT2D eigenvalue weighted by Gasteiger charge is -2.00. The van der Waals surface area contributed by atoms with E-state index in [-0.39, 0.29) is 0 Å². The average molecular weight is 188 g/mol. The molecule has 0 aliphatic carbocycles. The number of hydrogen-bond donors (Lipinski definition) is 4. The zero-order chi connectivity index (χ0) is 10.2. The molecule has 0 fully saturated rings. The Bertz CT molecular complexity index is 416. The van der Waals surface area contributed by atoms with Gasteiger partial charge in [-0.2, -0.15) is 0 Å². The zero-order valence-electron chi connectivity index (χ0n) is 6.01. The summed E-state index contributed by atoms with van der Waals surface area (Å²) < 4.78 is 3.97. The van der Waals surface area contributed by atoms with Gasteiger partial charge in [0, 0.05) is 0 Å². The van der Waals surface area contributed by atoms with Gasteiger partial charge < -0.3 is 24.8 Å². The lowest BCUT2D eigenvalue weighted by Crippen LogP contribution is -2.06. The van der Waals surface area contributed by atoms with E-state index in [2.05, 4.69) is 4.42 Å². The fourth-order valence-electron chi connectivity index (χ4n) is 0.651. The van der Waals surface area contributed by atoms with Crippen molar-refractivity contribution < 1.29 is 29.6 Å². The third-order valence-corrected chi connectivity index (χ3v) is 1.25. The molecule has 13 heavy (non-hydrogen) atoms. The Hall–Kier alpha value is -2.18. The van der Waals surface area contributed by atoms with Gasteiger partial charge in [0.15, 0.2) is 0 Å². The molecule has 0 unspecified atom stereocenters. The van der Waals surface area contributed by atoms with Gasteiger partial charge in [-0.15, -0.1) is 0 Å². The van der Waals surface area contributed by atoms with E-state index in [1.54, 1.807) is 0 Å². The summed E-state index contributed by atoms with van der Waals surface area (Å²) in [7, 11) is 0. The molecular formula is C6H4O7. The Morgan fingerprint density at radius 3 is 2.08 bits per heavy atom. The van der Waals surface area contributed by atoms with Gasteiger partial charge in [-0.3, -0.25) is 0 Å². The molecular weight excluding hydrogens is 184 g/mol. The van der Waals surface area contributed by atoms with E-state index in [9.17, 15) is 9.59 Å². The minimum atomic E-state index is -1.73. The maximum absolute atomic E-state index is 10.6. The highest BCUT2D eigenvalue weighted by molar-refractivity contribution is 5.88. The van der Waals surface area contributed by atoms with Gasteiger partial charge in [0.2, 0.25) is 17.2 Å². The highest BCUT2D eigenvalue weighted by Gasteiger charge is 2.22. The third kappa shape index (κ3) is 1.26. The van der Waals surface area contributed by atoms with E-state index in [1.807, 2.05) is 0 Å². The molecule has 0 aliphatic rings. The highest BCUT2D eigenvalue weighted by Crippen LogP contribution is 2.33. The topological polar surface area (TPSA) is 128 Å². The summed E-state index contributed by atoms with van der Waals surface area (Å²) >= 11 is 0. The monoisotopic (exact) mass is 188 g/mol. The summed E-state index contributed by atoms with van der Waals surface area (Å²) in [6.45, 7) is 0. The second kappa shape index (κ2) is 2.70. The summed E-state index contributed by atoms with van der Waals surface area (Å²) in [6, 6.07) is 0. The van der Waals surface area contributed by atoms with Gasteiger partial charge in [0.05, 0.1) is 0 Å². The molecule has 0 spiro atoms. The van der Waals surface area contributed by atoms with E-state index in [0.717, 1.165) is 0 Å². The molecule has 0 aromatic carbocycles. The van der Waals surface area contributed by atoms with Gasteiger partial charge in [-0.1, -0.05) is 0 Å². The molecule has 0 bridgehead atoms. The first kappa shape index (κ1) is 8.91. The number of carboxylic acids is 1. The molecule has 7 nitrogen and oxygen atoms in total. The molecule has 7 heteroatoms. The summed E-state index contributed by atoms with van der Waals surface area (Å²) in [5.41, 5.74) is -1.44. The van der Waals surface area contributed by atoms with Gasteiger partial charge >= 0.3 is 11.6 Å². The average Bonchev–Trinajstić information content (AvgIpc) is 2.07. The Kier molecular flexibility index (Phi) is 1.85. The largest absolute Gasteiger partial charge is 0.501 e. The number of hydrogen-bond acceptors (Lipinski definition) is 6. The predicted octanol–water partition coefficient (Wildman–Crippen LogP) is -0.545. The molecule has 0 aliphatic heterocycles. The van der Waals surface area contributed by atoms with Crippen LogP contribution in [0.15, 0.2) is 9.21 Å². The third-order valence-electron chi connectivity index (χ3n) is 1.25. The molecule has 1 heterocycles. The highest BCUT2D eigenvalue weighted by atomic mass is 16.5. The number of aromatic carboxylic acids is 1. The first-order valence-electron chi connectivity index (χ1n) is 2.96. The van der Waals surface area contributed by atoms with Crippen molar-refractivity contribution in [3.63, 3.8) is 0 Å². The van der Waals surface area contributed by atoms with Crippen LogP contribution in [-0.2, 0) is 0 Å². The maximum atomic E-state index is 10.6. The fraction of sp³-hybridized carbons (Fsp3) is 0. The van der Waals surface area contributed by atoms with Gasteiger partial charge in [0.25, 0.3) is 5.76 Å². The smallest absolute Gasteiger partial charge is 0.383 e. The number of carboxylic acid groups (broad SMARTS) is 1. The summed E-state index contributed by atoms with van der Waals surface area (Å²) in [4.78, 5) is 20.8. The first-order valence-corrected chi connectivity index (χ1v) is 2.96. The van der Waals surface area contributed by atoms with E-state index in [1.165, 1.54) is 0 Å². The quantitative estimate of drug-likeness (QED) is 0.465. The lowest BCUT2D eigenvalue weighted by atomic mass is 10.3. The minimum Gasteiger partial charge on any atom is -0.501 e. The second-order valence-electron chi connectivity index (χ2n) is 2.07. The molecule has 70 valence electrons. The second-order valence-corrected chi connectivity index (χ2v) is 2.07. The fourth-order valence-corrected chi connectivity index (χ4v) is 0.651. The van der Waals surface area contributed by atoms with Crippen LogP contribution in [0.1, 0.15) is 10.6 Å². The summed E-state index contributed by atoms with van der Waals surface area (Å²) in [5.74, 6) is -6.49. The van der Waals surface area contributed by atoms with Crippen molar-refractivity contribution in [2.24, 2.45) is 0 Å². The van der Waals surface area contributed by atoms with Crippen molar-refractivity contribution in [2.75, 3.05) is 0 Å². The number of carbonyl (C=O) groups is 1. The van der Waals surface area contributed by atoms with Crippen LogP contribution in [0.3, 0.4) is 0 Å². The summed E-state index contributed by atoms with van der Waals surface area (Å²) in [5, 5.41) is 34.6. The molecule has 0 amide bonds. The van der Waals surface area contributed by atoms with E-state index in [0.29, 0.717) is 0 Å². The molecule has 4 N–H and O–H groups in total. The predicted molar refractivity (Wildman–Crippen MR) is 36.9 cm³/mol. The van der Waals surface area contributed by atoms with Crippen molar-refractivity contribution in [1.82, 2.24) is 0 Å². The van der Waals surface area contributed by atoms with Crippen molar-refractivity contribution in [3.8, 4) is 17.2 Å². The molecule has 0 atom stereocenters. The Balaban J connectivity index is 3.60.